The van der Waals surface area contributed by atoms with E-state index in [0.29, 0.717) is 6.61 Å². The minimum absolute atomic E-state index is 0.0395. The number of ketones is 1. The lowest BCUT2D eigenvalue weighted by Crippen LogP contribution is -2.24. The lowest BCUT2D eigenvalue weighted by Gasteiger charge is -2.25. The van der Waals surface area contributed by atoms with Crippen molar-refractivity contribution in [3.63, 3.8) is 0 Å². The van der Waals surface area contributed by atoms with Gasteiger partial charge in [0, 0.05) is 0 Å². The Hall–Kier alpha value is -0.900. The summed E-state index contributed by atoms with van der Waals surface area (Å²) >= 11 is 0. The van der Waals surface area contributed by atoms with E-state index in [1.807, 2.05) is 0 Å². The Morgan fingerprint density at radius 2 is 1.82 bits per heavy atom. The van der Waals surface area contributed by atoms with E-state index in [2.05, 4.69) is 6.92 Å². The molecule has 0 aromatic rings. The summed E-state index contributed by atoms with van der Waals surface area (Å²) in [7, 11) is 0. The third-order valence-electron chi connectivity index (χ3n) is 3.09. The normalized spacial score (nSPS) is 24.4. The first-order valence-corrected chi connectivity index (χ1v) is 6.40. The minimum atomic E-state index is -0.460. The smallest absolute Gasteiger partial charge is 0.313 e. The predicted molar refractivity (Wildman–Crippen MR) is 63.6 cm³/mol. The molecular formula is C13H22O4. The number of ether oxygens (including phenoxy) is 2. The van der Waals surface area contributed by atoms with Crippen molar-refractivity contribution in [1.82, 2.24) is 0 Å². The average molecular weight is 242 g/mol. The highest BCUT2D eigenvalue weighted by Crippen LogP contribution is 2.25. The van der Waals surface area contributed by atoms with Gasteiger partial charge in [0.1, 0.15) is 13.0 Å². The van der Waals surface area contributed by atoms with Gasteiger partial charge in [0.2, 0.25) is 0 Å². The van der Waals surface area contributed by atoms with E-state index in [4.69, 9.17) is 9.47 Å². The zero-order valence-electron chi connectivity index (χ0n) is 10.7. The van der Waals surface area contributed by atoms with Crippen molar-refractivity contribution < 1.29 is 19.1 Å². The molecule has 0 aromatic carbocycles. The Balaban J connectivity index is 2.13. The number of carbonyl (C=O) groups excluding carboxylic acids is 2. The number of Topliss-reactive ketones (excluding diaryl/α,β-unsaturated/α-hetero) is 1. The largest absolute Gasteiger partial charge is 0.466 e. The van der Waals surface area contributed by atoms with Gasteiger partial charge in [-0.25, -0.2) is 0 Å². The maximum atomic E-state index is 11.4. The first kappa shape index (κ1) is 14.2. The number of hydrogen-bond acceptors (Lipinski definition) is 4. The van der Waals surface area contributed by atoms with Crippen LogP contribution in [0.1, 0.15) is 46.0 Å². The van der Waals surface area contributed by atoms with Gasteiger partial charge in [-0.05, 0) is 38.5 Å². The van der Waals surface area contributed by atoms with E-state index in [9.17, 15) is 9.59 Å². The fraction of sp³-hybridized carbons (Fsp3) is 0.846. The monoisotopic (exact) mass is 242 g/mol. The number of hydrogen-bond donors (Lipinski definition) is 0. The molecule has 0 spiro atoms. The summed E-state index contributed by atoms with van der Waals surface area (Å²) in [5.41, 5.74) is 0. The van der Waals surface area contributed by atoms with Crippen molar-refractivity contribution in [3.8, 4) is 0 Å². The van der Waals surface area contributed by atoms with E-state index < -0.39 is 5.97 Å². The second-order valence-corrected chi connectivity index (χ2v) is 4.71. The lowest BCUT2D eigenvalue weighted by molar-refractivity contribution is -0.147. The number of rotatable bonds is 6. The van der Waals surface area contributed by atoms with Crippen molar-refractivity contribution in [3.05, 3.63) is 0 Å². The van der Waals surface area contributed by atoms with E-state index in [1.54, 1.807) is 6.92 Å². The molecule has 0 aromatic heterocycles. The Bertz CT molecular complexity index is 254. The maximum absolute atomic E-state index is 11.4. The van der Waals surface area contributed by atoms with Crippen LogP contribution in [-0.2, 0) is 19.1 Å². The lowest BCUT2D eigenvalue weighted by atomic mass is 9.89. The molecule has 0 unspecified atom stereocenters. The second kappa shape index (κ2) is 7.43. The quantitative estimate of drug-likeness (QED) is 0.528. The van der Waals surface area contributed by atoms with Crippen LogP contribution in [0.25, 0.3) is 0 Å². The van der Waals surface area contributed by atoms with E-state index >= 15 is 0 Å². The highest BCUT2D eigenvalue weighted by Gasteiger charge is 2.20. The Kier molecular flexibility index (Phi) is 6.19. The van der Waals surface area contributed by atoms with Crippen molar-refractivity contribution in [1.29, 1.82) is 0 Å². The van der Waals surface area contributed by atoms with Crippen molar-refractivity contribution in [2.75, 3.05) is 13.2 Å². The molecule has 4 heteroatoms. The van der Waals surface area contributed by atoms with E-state index in [0.717, 1.165) is 31.6 Å². The number of esters is 1. The van der Waals surface area contributed by atoms with Gasteiger partial charge in [0.25, 0.3) is 0 Å². The molecular weight excluding hydrogens is 220 g/mol. The Morgan fingerprint density at radius 3 is 2.41 bits per heavy atom. The third kappa shape index (κ3) is 5.82. The molecule has 4 nitrogen and oxygen atoms in total. The molecule has 1 saturated carbocycles. The van der Waals surface area contributed by atoms with Crippen LogP contribution in [0.15, 0.2) is 0 Å². The first-order chi connectivity index (χ1) is 8.11. The predicted octanol–water partition coefficient (Wildman–Crippen LogP) is 2.10. The molecule has 1 fully saturated rings. The van der Waals surface area contributed by atoms with Gasteiger partial charge >= 0.3 is 5.97 Å². The van der Waals surface area contributed by atoms with Crippen LogP contribution in [0.3, 0.4) is 0 Å². The van der Waals surface area contributed by atoms with Crippen molar-refractivity contribution >= 4 is 11.8 Å². The third-order valence-corrected chi connectivity index (χ3v) is 3.09. The van der Waals surface area contributed by atoms with E-state index in [1.165, 1.54) is 0 Å². The molecule has 0 saturated heterocycles. The Morgan fingerprint density at radius 1 is 1.18 bits per heavy atom. The van der Waals surface area contributed by atoms with Crippen LogP contribution in [0.5, 0.6) is 0 Å². The highest BCUT2D eigenvalue weighted by atomic mass is 16.5. The van der Waals surface area contributed by atoms with Crippen LogP contribution in [0.4, 0.5) is 0 Å². The summed E-state index contributed by atoms with van der Waals surface area (Å²) in [6.07, 6.45) is 4.39. The fourth-order valence-electron chi connectivity index (χ4n) is 2.03. The summed E-state index contributed by atoms with van der Waals surface area (Å²) in [6.45, 7) is 4.32. The molecule has 1 aliphatic carbocycles. The van der Waals surface area contributed by atoms with Gasteiger partial charge in [-0.2, -0.15) is 0 Å². The summed E-state index contributed by atoms with van der Waals surface area (Å²) in [4.78, 5) is 22.5. The van der Waals surface area contributed by atoms with Crippen molar-refractivity contribution in [2.24, 2.45) is 5.92 Å². The van der Waals surface area contributed by atoms with E-state index in [-0.39, 0.29) is 24.9 Å². The van der Waals surface area contributed by atoms with Crippen LogP contribution in [0.2, 0.25) is 0 Å². The van der Waals surface area contributed by atoms with Crippen LogP contribution >= 0.6 is 0 Å². The van der Waals surface area contributed by atoms with Gasteiger partial charge in [0.15, 0.2) is 5.78 Å². The molecule has 0 heterocycles. The Labute approximate surface area is 103 Å². The standard InChI is InChI=1S/C13H22O4/c1-3-16-13(15)8-11(14)9-17-12-6-4-10(2)5-7-12/h10,12H,3-9H2,1-2H3. The molecule has 0 atom stereocenters. The molecule has 0 aliphatic heterocycles. The first-order valence-electron chi connectivity index (χ1n) is 6.40. The van der Waals surface area contributed by atoms with Gasteiger partial charge in [-0.3, -0.25) is 9.59 Å². The van der Waals surface area contributed by atoms with Crippen LogP contribution in [-0.4, -0.2) is 31.1 Å². The minimum Gasteiger partial charge on any atom is -0.466 e. The summed E-state index contributed by atoms with van der Waals surface area (Å²) < 4.78 is 10.2. The second-order valence-electron chi connectivity index (χ2n) is 4.71. The summed E-state index contributed by atoms with van der Waals surface area (Å²) in [6, 6.07) is 0. The summed E-state index contributed by atoms with van der Waals surface area (Å²) in [5.74, 6) is 0.116. The van der Waals surface area contributed by atoms with Gasteiger partial charge in [0.05, 0.1) is 12.7 Å². The molecule has 98 valence electrons. The molecule has 0 radical (unpaired) electrons. The molecule has 0 bridgehead atoms. The maximum Gasteiger partial charge on any atom is 0.313 e. The number of carbonyl (C=O) groups is 2. The molecule has 17 heavy (non-hydrogen) atoms. The topological polar surface area (TPSA) is 52.6 Å². The fourth-order valence-corrected chi connectivity index (χ4v) is 2.03. The molecule has 1 rings (SSSR count). The zero-order valence-corrected chi connectivity index (χ0v) is 10.7. The highest BCUT2D eigenvalue weighted by molar-refractivity contribution is 5.96. The summed E-state index contributed by atoms with van der Waals surface area (Å²) in [5, 5.41) is 0. The van der Waals surface area contributed by atoms with Crippen LogP contribution in [0, 0.1) is 5.92 Å². The van der Waals surface area contributed by atoms with Gasteiger partial charge in [-0.15, -0.1) is 0 Å². The van der Waals surface area contributed by atoms with Gasteiger partial charge in [-0.1, -0.05) is 6.92 Å². The van der Waals surface area contributed by atoms with Gasteiger partial charge < -0.3 is 9.47 Å². The molecule has 0 amide bonds. The SMILES string of the molecule is CCOC(=O)CC(=O)COC1CCC(C)CC1. The zero-order chi connectivity index (χ0) is 12.7. The molecule has 1 aliphatic rings. The molecule has 0 N–H and O–H groups in total. The van der Waals surface area contributed by atoms with Crippen LogP contribution < -0.4 is 0 Å². The average Bonchev–Trinajstić information content (AvgIpc) is 2.28. The van der Waals surface area contributed by atoms with Crippen molar-refractivity contribution in [2.45, 2.75) is 52.1 Å².